The molecule has 2 aromatic rings. The van der Waals surface area contributed by atoms with Gasteiger partial charge in [-0.25, -0.2) is 0 Å². The maximum absolute atomic E-state index is 12.1. The van der Waals surface area contributed by atoms with E-state index in [9.17, 15) is 9.59 Å². The van der Waals surface area contributed by atoms with Crippen molar-refractivity contribution in [3.63, 3.8) is 0 Å². The molecule has 5 nitrogen and oxygen atoms in total. The number of amides is 1. The number of Topliss-reactive ketones (excluding diaryl/α,β-unsaturated/α-hetero) is 1. The first-order chi connectivity index (χ1) is 12.0. The molecule has 1 amide bonds. The van der Waals surface area contributed by atoms with Gasteiger partial charge in [-0.3, -0.25) is 9.59 Å². The van der Waals surface area contributed by atoms with Crippen molar-refractivity contribution in [1.29, 1.82) is 0 Å². The molecule has 1 N–H and O–H groups in total. The lowest BCUT2D eigenvalue weighted by atomic mass is 10.1. The van der Waals surface area contributed by atoms with E-state index < -0.39 is 0 Å². The average Bonchev–Trinajstić information content (AvgIpc) is 2.61. The largest absolute Gasteiger partial charge is 0.484 e. The summed E-state index contributed by atoms with van der Waals surface area (Å²) in [7, 11) is 3.96. The molecule has 2 rings (SSSR count). The number of rotatable bonds is 8. The van der Waals surface area contributed by atoms with Crippen molar-refractivity contribution >= 4 is 17.4 Å². The van der Waals surface area contributed by atoms with Gasteiger partial charge in [0.25, 0.3) is 5.91 Å². The van der Waals surface area contributed by atoms with E-state index in [-0.39, 0.29) is 18.3 Å². The number of ketones is 1. The average molecular weight is 340 g/mol. The Kier molecular flexibility index (Phi) is 6.71. The van der Waals surface area contributed by atoms with Crippen LogP contribution in [0.15, 0.2) is 48.5 Å². The van der Waals surface area contributed by atoms with E-state index in [0.29, 0.717) is 17.7 Å². The van der Waals surface area contributed by atoms with Crippen LogP contribution in [0.25, 0.3) is 0 Å². The summed E-state index contributed by atoms with van der Waals surface area (Å²) in [5.74, 6) is 0.422. The monoisotopic (exact) mass is 340 g/mol. The number of carbonyl (C=O) groups excluding carboxylic acids is 2. The zero-order valence-corrected chi connectivity index (χ0v) is 14.9. The Bertz CT molecular complexity index is 724. The van der Waals surface area contributed by atoms with Gasteiger partial charge in [0, 0.05) is 24.2 Å². The maximum Gasteiger partial charge on any atom is 0.262 e. The molecule has 0 heterocycles. The van der Waals surface area contributed by atoms with Gasteiger partial charge in [-0.2, -0.15) is 0 Å². The molecule has 5 heteroatoms. The number of benzene rings is 2. The molecule has 132 valence electrons. The van der Waals surface area contributed by atoms with Crippen LogP contribution in [0.4, 0.5) is 5.69 Å². The summed E-state index contributed by atoms with van der Waals surface area (Å²) in [5.41, 5.74) is 2.48. The van der Waals surface area contributed by atoms with Gasteiger partial charge < -0.3 is 15.0 Å². The molecule has 0 saturated heterocycles. The van der Waals surface area contributed by atoms with Gasteiger partial charge in [0.1, 0.15) is 5.75 Å². The molecule has 0 saturated carbocycles. The van der Waals surface area contributed by atoms with Crippen LogP contribution in [0, 0.1) is 0 Å². The lowest BCUT2D eigenvalue weighted by Gasteiger charge is -2.15. The van der Waals surface area contributed by atoms with Gasteiger partial charge >= 0.3 is 0 Å². The highest BCUT2D eigenvalue weighted by molar-refractivity contribution is 5.96. The topological polar surface area (TPSA) is 58.6 Å². The molecule has 0 radical (unpaired) electrons. The fourth-order valence-electron chi connectivity index (χ4n) is 2.40. The van der Waals surface area contributed by atoms with E-state index in [1.165, 1.54) is 0 Å². The Morgan fingerprint density at radius 1 is 1.04 bits per heavy atom. The molecule has 0 atom stereocenters. The molecule has 0 fully saturated rings. The molecule has 0 aliphatic rings. The van der Waals surface area contributed by atoms with Gasteiger partial charge in [-0.15, -0.1) is 0 Å². The lowest BCUT2D eigenvalue weighted by Crippen LogP contribution is -2.22. The first kappa shape index (κ1) is 18.7. The highest BCUT2D eigenvalue weighted by Crippen LogP contribution is 2.17. The van der Waals surface area contributed by atoms with E-state index in [2.05, 4.69) is 5.32 Å². The SMILES string of the molecule is CCC(=O)c1ccc(OCC(=O)Nc2ccccc2CN(C)C)cc1. The third-order valence-electron chi connectivity index (χ3n) is 3.65. The van der Waals surface area contributed by atoms with Crippen molar-refractivity contribution < 1.29 is 14.3 Å². The summed E-state index contributed by atoms with van der Waals surface area (Å²) in [6.07, 6.45) is 0.467. The summed E-state index contributed by atoms with van der Waals surface area (Å²) in [5, 5.41) is 2.88. The Morgan fingerprint density at radius 2 is 1.72 bits per heavy atom. The van der Waals surface area contributed by atoms with Crippen LogP contribution in [0.3, 0.4) is 0 Å². The van der Waals surface area contributed by atoms with Crippen LogP contribution in [-0.2, 0) is 11.3 Å². The van der Waals surface area contributed by atoms with Crippen molar-refractivity contribution in [3.8, 4) is 5.75 Å². The molecule has 0 spiro atoms. The molecule has 0 aliphatic heterocycles. The van der Waals surface area contributed by atoms with E-state index >= 15 is 0 Å². The summed E-state index contributed by atoms with van der Waals surface area (Å²) in [4.78, 5) is 25.8. The summed E-state index contributed by atoms with van der Waals surface area (Å²) in [6.45, 7) is 2.48. The quantitative estimate of drug-likeness (QED) is 0.749. The number of ether oxygens (including phenoxy) is 1. The molecule has 0 aliphatic carbocycles. The normalized spacial score (nSPS) is 10.6. The number of hydrogen-bond donors (Lipinski definition) is 1. The molecule has 0 bridgehead atoms. The minimum atomic E-state index is -0.222. The highest BCUT2D eigenvalue weighted by atomic mass is 16.5. The zero-order valence-electron chi connectivity index (χ0n) is 14.9. The first-order valence-corrected chi connectivity index (χ1v) is 8.28. The van der Waals surface area contributed by atoms with Gasteiger partial charge in [-0.1, -0.05) is 25.1 Å². The molecular formula is C20H24N2O3. The van der Waals surface area contributed by atoms with Crippen LogP contribution in [0.1, 0.15) is 29.3 Å². The van der Waals surface area contributed by atoms with Crippen LogP contribution < -0.4 is 10.1 Å². The van der Waals surface area contributed by atoms with E-state index in [1.54, 1.807) is 24.3 Å². The number of hydrogen-bond acceptors (Lipinski definition) is 4. The van der Waals surface area contributed by atoms with Crippen LogP contribution in [0.2, 0.25) is 0 Å². The second-order valence-corrected chi connectivity index (χ2v) is 6.03. The van der Waals surface area contributed by atoms with Gasteiger partial charge in [0.15, 0.2) is 12.4 Å². The van der Waals surface area contributed by atoms with Crippen molar-refractivity contribution in [3.05, 3.63) is 59.7 Å². The van der Waals surface area contributed by atoms with Gasteiger partial charge in [0.2, 0.25) is 0 Å². The number of para-hydroxylation sites is 1. The summed E-state index contributed by atoms with van der Waals surface area (Å²) in [6, 6.07) is 14.5. The Balaban J connectivity index is 1.92. The van der Waals surface area contributed by atoms with E-state index in [0.717, 1.165) is 17.8 Å². The lowest BCUT2D eigenvalue weighted by molar-refractivity contribution is -0.118. The van der Waals surface area contributed by atoms with E-state index in [1.807, 2.05) is 50.2 Å². The third-order valence-corrected chi connectivity index (χ3v) is 3.65. The minimum Gasteiger partial charge on any atom is -0.484 e. The fourth-order valence-corrected chi connectivity index (χ4v) is 2.40. The molecular weight excluding hydrogens is 316 g/mol. The standard InChI is InChI=1S/C20H24N2O3/c1-4-19(23)15-9-11-17(12-10-15)25-14-20(24)21-18-8-6-5-7-16(18)13-22(2)3/h5-12H,4,13-14H2,1-3H3,(H,21,24). The number of nitrogens with zero attached hydrogens (tertiary/aromatic N) is 1. The minimum absolute atomic E-state index is 0.0850. The molecule has 0 aromatic heterocycles. The highest BCUT2D eigenvalue weighted by Gasteiger charge is 2.09. The maximum atomic E-state index is 12.1. The second kappa shape index (κ2) is 8.99. The zero-order chi connectivity index (χ0) is 18.2. The number of carbonyl (C=O) groups is 2. The Hall–Kier alpha value is -2.66. The smallest absolute Gasteiger partial charge is 0.262 e. The molecule has 0 unspecified atom stereocenters. The van der Waals surface area contributed by atoms with Crippen molar-refractivity contribution in [1.82, 2.24) is 4.90 Å². The third kappa shape index (κ3) is 5.72. The number of anilines is 1. The second-order valence-electron chi connectivity index (χ2n) is 6.03. The summed E-state index contributed by atoms with van der Waals surface area (Å²) >= 11 is 0. The molecule has 2 aromatic carbocycles. The van der Waals surface area contributed by atoms with Crippen LogP contribution in [-0.4, -0.2) is 37.3 Å². The Morgan fingerprint density at radius 3 is 2.36 bits per heavy atom. The Labute approximate surface area is 148 Å². The van der Waals surface area contributed by atoms with Crippen LogP contribution >= 0.6 is 0 Å². The fraction of sp³-hybridized carbons (Fsp3) is 0.300. The first-order valence-electron chi connectivity index (χ1n) is 8.28. The van der Waals surface area contributed by atoms with Gasteiger partial charge in [0.05, 0.1) is 0 Å². The predicted molar refractivity (Wildman–Crippen MR) is 99.0 cm³/mol. The van der Waals surface area contributed by atoms with Crippen LogP contribution in [0.5, 0.6) is 5.75 Å². The van der Waals surface area contributed by atoms with Gasteiger partial charge in [-0.05, 0) is 50.0 Å². The number of nitrogens with one attached hydrogen (secondary N) is 1. The summed E-state index contributed by atoms with van der Waals surface area (Å²) < 4.78 is 5.50. The van der Waals surface area contributed by atoms with Crippen molar-refractivity contribution in [2.45, 2.75) is 19.9 Å². The van der Waals surface area contributed by atoms with Crippen molar-refractivity contribution in [2.75, 3.05) is 26.0 Å². The van der Waals surface area contributed by atoms with E-state index in [4.69, 9.17) is 4.74 Å². The van der Waals surface area contributed by atoms with Crippen molar-refractivity contribution in [2.24, 2.45) is 0 Å². The predicted octanol–water partition coefficient (Wildman–Crippen LogP) is 3.36. The molecule has 25 heavy (non-hydrogen) atoms.